The highest BCUT2D eigenvalue weighted by atomic mass is 16.3. The summed E-state index contributed by atoms with van der Waals surface area (Å²) in [6, 6.07) is 10.9. The summed E-state index contributed by atoms with van der Waals surface area (Å²) in [6.07, 6.45) is 2.77. The number of anilines is 1. The van der Waals surface area contributed by atoms with Crippen LogP contribution in [0.5, 0.6) is 0 Å². The zero-order chi connectivity index (χ0) is 14.2. The molecule has 2 unspecified atom stereocenters. The average Bonchev–Trinajstić information content (AvgIpc) is 2.49. The van der Waals surface area contributed by atoms with Crippen molar-refractivity contribution in [2.75, 3.05) is 37.7 Å². The Labute approximate surface area is 121 Å². The molecule has 0 spiro atoms. The van der Waals surface area contributed by atoms with Gasteiger partial charge in [-0.3, -0.25) is 0 Å². The Kier molecular flexibility index (Phi) is 6.30. The maximum absolute atomic E-state index is 9.20. The van der Waals surface area contributed by atoms with Crippen molar-refractivity contribution in [1.29, 1.82) is 0 Å². The quantitative estimate of drug-likeness (QED) is 0.657. The third-order valence-electron chi connectivity index (χ3n) is 3.96. The number of aliphatic hydroxyl groups is 2. The molecule has 1 saturated heterocycles. The second-order valence-corrected chi connectivity index (χ2v) is 5.58. The monoisotopic (exact) mass is 278 g/mol. The van der Waals surface area contributed by atoms with Crippen molar-refractivity contribution in [1.82, 2.24) is 5.32 Å². The number of nitrogens with zero attached hydrogens (tertiary/aromatic N) is 1. The molecule has 1 fully saturated rings. The van der Waals surface area contributed by atoms with Crippen LogP contribution < -0.4 is 10.2 Å². The van der Waals surface area contributed by atoms with E-state index in [1.807, 2.05) is 6.07 Å². The van der Waals surface area contributed by atoms with Crippen molar-refractivity contribution < 1.29 is 10.2 Å². The normalized spacial score (nSPS) is 23.0. The molecule has 0 bridgehead atoms. The molecule has 4 nitrogen and oxygen atoms in total. The van der Waals surface area contributed by atoms with Crippen LogP contribution in [0.25, 0.3) is 0 Å². The van der Waals surface area contributed by atoms with Crippen LogP contribution in [0, 0.1) is 5.92 Å². The maximum atomic E-state index is 9.20. The zero-order valence-corrected chi connectivity index (χ0v) is 12.0. The van der Waals surface area contributed by atoms with Crippen LogP contribution >= 0.6 is 0 Å². The lowest BCUT2D eigenvalue weighted by Crippen LogP contribution is -2.49. The predicted octanol–water partition coefficient (Wildman–Crippen LogP) is 1.24. The Morgan fingerprint density at radius 2 is 1.90 bits per heavy atom. The topological polar surface area (TPSA) is 55.7 Å². The van der Waals surface area contributed by atoms with Gasteiger partial charge in [-0.15, -0.1) is 0 Å². The van der Waals surface area contributed by atoms with Crippen LogP contribution in [0.15, 0.2) is 30.3 Å². The van der Waals surface area contributed by atoms with Crippen molar-refractivity contribution in [3.8, 4) is 0 Å². The molecular formula is C16H26N2O2. The fourth-order valence-corrected chi connectivity index (χ4v) is 2.98. The second kappa shape index (κ2) is 8.25. The first-order chi connectivity index (χ1) is 9.83. The second-order valence-electron chi connectivity index (χ2n) is 5.58. The molecule has 0 aromatic heterocycles. The smallest absolute Gasteiger partial charge is 0.0443 e. The molecule has 4 heteroatoms. The van der Waals surface area contributed by atoms with E-state index in [2.05, 4.69) is 34.5 Å². The van der Waals surface area contributed by atoms with Gasteiger partial charge in [0, 0.05) is 38.0 Å². The molecule has 0 radical (unpaired) electrons. The lowest BCUT2D eigenvalue weighted by Gasteiger charge is -2.39. The number of benzene rings is 1. The van der Waals surface area contributed by atoms with E-state index >= 15 is 0 Å². The molecule has 112 valence electrons. The van der Waals surface area contributed by atoms with Gasteiger partial charge in [-0.2, -0.15) is 0 Å². The Morgan fingerprint density at radius 3 is 2.60 bits per heavy atom. The fraction of sp³-hybridized carbons (Fsp3) is 0.625. The zero-order valence-electron chi connectivity index (χ0n) is 12.0. The van der Waals surface area contributed by atoms with Gasteiger partial charge >= 0.3 is 0 Å². The number of hydrogen-bond acceptors (Lipinski definition) is 4. The first-order valence-corrected chi connectivity index (χ1v) is 7.58. The van der Waals surface area contributed by atoms with Crippen LogP contribution in [0.1, 0.15) is 19.3 Å². The van der Waals surface area contributed by atoms with Gasteiger partial charge in [-0.05, 0) is 43.9 Å². The molecule has 20 heavy (non-hydrogen) atoms. The highest BCUT2D eigenvalue weighted by Gasteiger charge is 2.26. The molecule has 1 heterocycles. The van der Waals surface area contributed by atoms with Crippen LogP contribution in [0.3, 0.4) is 0 Å². The number of para-hydroxylation sites is 1. The van der Waals surface area contributed by atoms with Crippen molar-refractivity contribution in [3.63, 3.8) is 0 Å². The van der Waals surface area contributed by atoms with Gasteiger partial charge in [0.1, 0.15) is 0 Å². The van der Waals surface area contributed by atoms with E-state index in [4.69, 9.17) is 5.11 Å². The van der Waals surface area contributed by atoms with Crippen LogP contribution in [-0.4, -0.2) is 49.1 Å². The molecule has 0 amide bonds. The fourth-order valence-electron chi connectivity index (χ4n) is 2.98. The molecular weight excluding hydrogens is 252 g/mol. The molecule has 2 atom stereocenters. The summed E-state index contributed by atoms with van der Waals surface area (Å²) < 4.78 is 0. The van der Waals surface area contributed by atoms with Gasteiger partial charge in [0.25, 0.3) is 0 Å². The minimum atomic E-state index is 0.238. The molecule has 2 rings (SSSR count). The SMILES string of the molecule is OCCCNC1CC(CCO)CN(c2ccccc2)C1. The summed E-state index contributed by atoms with van der Waals surface area (Å²) in [4.78, 5) is 2.40. The first-order valence-electron chi connectivity index (χ1n) is 7.58. The van der Waals surface area contributed by atoms with Crippen molar-refractivity contribution in [2.24, 2.45) is 5.92 Å². The summed E-state index contributed by atoms with van der Waals surface area (Å²) in [7, 11) is 0. The number of aliphatic hydroxyl groups excluding tert-OH is 2. The molecule has 1 aromatic carbocycles. The third kappa shape index (κ3) is 4.47. The van der Waals surface area contributed by atoms with Gasteiger partial charge in [0.2, 0.25) is 0 Å². The molecule has 1 aliphatic heterocycles. The summed E-state index contributed by atoms with van der Waals surface area (Å²) in [5.41, 5.74) is 1.25. The lowest BCUT2D eigenvalue weighted by atomic mass is 9.91. The first kappa shape index (κ1) is 15.3. The van der Waals surface area contributed by atoms with Crippen LogP contribution in [0.4, 0.5) is 5.69 Å². The van der Waals surface area contributed by atoms with E-state index in [1.54, 1.807) is 0 Å². The third-order valence-corrected chi connectivity index (χ3v) is 3.96. The Hall–Kier alpha value is -1.10. The Bertz CT molecular complexity index is 372. The molecule has 0 aliphatic carbocycles. The minimum absolute atomic E-state index is 0.238. The molecule has 3 N–H and O–H groups in total. The van der Waals surface area contributed by atoms with Gasteiger partial charge in [-0.1, -0.05) is 18.2 Å². The van der Waals surface area contributed by atoms with E-state index in [0.29, 0.717) is 12.0 Å². The minimum Gasteiger partial charge on any atom is -0.396 e. The summed E-state index contributed by atoms with van der Waals surface area (Å²) in [6.45, 7) is 3.37. The van der Waals surface area contributed by atoms with E-state index in [0.717, 1.165) is 38.9 Å². The van der Waals surface area contributed by atoms with Gasteiger partial charge in [-0.25, -0.2) is 0 Å². The van der Waals surface area contributed by atoms with Crippen molar-refractivity contribution in [2.45, 2.75) is 25.3 Å². The van der Waals surface area contributed by atoms with Gasteiger partial charge in [0.15, 0.2) is 0 Å². The lowest BCUT2D eigenvalue weighted by molar-refractivity contribution is 0.227. The van der Waals surface area contributed by atoms with Crippen LogP contribution in [0.2, 0.25) is 0 Å². The summed E-state index contributed by atoms with van der Waals surface area (Å²) >= 11 is 0. The molecule has 0 saturated carbocycles. The van der Waals surface area contributed by atoms with Crippen LogP contribution in [-0.2, 0) is 0 Å². The number of nitrogens with one attached hydrogen (secondary N) is 1. The largest absolute Gasteiger partial charge is 0.396 e. The summed E-state index contributed by atoms with van der Waals surface area (Å²) in [5, 5.41) is 21.6. The highest BCUT2D eigenvalue weighted by Crippen LogP contribution is 2.25. The van der Waals surface area contributed by atoms with E-state index < -0.39 is 0 Å². The van der Waals surface area contributed by atoms with Gasteiger partial charge < -0.3 is 20.4 Å². The average molecular weight is 278 g/mol. The van der Waals surface area contributed by atoms with E-state index in [9.17, 15) is 5.11 Å². The molecule has 1 aromatic rings. The van der Waals surface area contributed by atoms with E-state index in [-0.39, 0.29) is 13.2 Å². The van der Waals surface area contributed by atoms with Crippen molar-refractivity contribution >= 4 is 5.69 Å². The Balaban J connectivity index is 1.97. The number of rotatable bonds is 7. The molecule has 1 aliphatic rings. The van der Waals surface area contributed by atoms with Crippen molar-refractivity contribution in [3.05, 3.63) is 30.3 Å². The van der Waals surface area contributed by atoms with Gasteiger partial charge in [0.05, 0.1) is 0 Å². The predicted molar refractivity (Wildman–Crippen MR) is 82.0 cm³/mol. The standard InChI is InChI=1S/C16H26N2O2/c19-9-4-8-17-15-11-14(7-10-20)12-18(13-15)16-5-2-1-3-6-16/h1-3,5-6,14-15,17,19-20H,4,7-13H2. The Morgan fingerprint density at radius 1 is 1.10 bits per heavy atom. The highest BCUT2D eigenvalue weighted by molar-refractivity contribution is 5.46. The number of piperidine rings is 1. The van der Waals surface area contributed by atoms with E-state index in [1.165, 1.54) is 5.69 Å². The summed E-state index contributed by atoms with van der Waals surface area (Å²) in [5.74, 6) is 0.528. The maximum Gasteiger partial charge on any atom is 0.0443 e. The number of hydrogen-bond donors (Lipinski definition) is 3.